The van der Waals surface area contributed by atoms with Crippen LogP contribution in [0.25, 0.3) is 0 Å². The van der Waals surface area contributed by atoms with Crippen LogP contribution in [0.4, 0.5) is 0 Å². The molecule has 9 nitrogen and oxygen atoms in total. The average molecular weight is 433 g/mol. The number of benzene rings is 1. The minimum atomic E-state index is -3.51. The Labute approximate surface area is 175 Å². The topological polar surface area (TPSA) is 130 Å². The van der Waals surface area contributed by atoms with Crippen molar-refractivity contribution in [1.82, 2.24) is 15.4 Å². The first kappa shape index (κ1) is 21.6. The van der Waals surface area contributed by atoms with Gasteiger partial charge in [0.15, 0.2) is 5.76 Å². The van der Waals surface area contributed by atoms with E-state index in [1.54, 1.807) is 36.4 Å². The highest BCUT2D eigenvalue weighted by atomic mass is 32.2. The molecule has 2 heterocycles. The zero-order chi connectivity index (χ0) is 21.4. The van der Waals surface area contributed by atoms with Gasteiger partial charge in [-0.1, -0.05) is 18.6 Å². The molecule has 2 amide bonds. The lowest BCUT2D eigenvalue weighted by Gasteiger charge is -2.06. The van der Waals surface area contributed by atoms with E-state index in [0.717, 1.165) is 12.8 Å². The predicted octanol–water partition coefficient (Wildman–Crippen LogP) is 1.42. The summed E-state index contributed by atoms with van der Waals surface area (Å²) >= 11 is 0. The Bertz CT molecular complexity index is 1020. The van der Waals surface area contributed by atoms with Crippen LogP contribution in [0.3, 0.4) is 0 Å². The Balaban J connectivity index is 1.27. The number of fused-ring (bicyclic) bond motifs is 1. The highest BCUT2D eigenvalue weighted by Crippen LogP contribution is 2.22. The van der Waals surface area contributed by atoms with Crippen LogP contribution < -0.4 is 15.4 Å². The lowest BCUT2D eigenvalue weighted by Crippen LogP contribution is -2.34. The van der Waals surface area contributed by atoms with E-state index in [1.165, 1.54) is 6.26 Å². The molecule has 0 aliphatic carbocycles. The maximum atomic E-state index is 12.0. The van der Waals surface area contributed by atoms with Gasteiger partial charge in [0.05, 0.1) is 11.2 Å². The quantitative estimate of drug-likeness (QED) is 0.489. The van der Waals surface area contributed by atoms with Crippen LogP contribution in [0, 0.1) is 0 Å². The van der Waals surface area contributed by atoms with Crippen molar-refractivity contribution in [1.29, 1.82) is 0 Å². The fourth-order valence-electron chi connectivity index (χ4n) is 2.98. The molecule has 0 saturated heterocycles. The Hall–Kier alpha value is -3.14. The number of aliphatic imine (C=N–C) groups is 1. The third-order valence-electron chi connectivity index (χ3n) is 4.47. The molecule has 1 aliphatic rings. The predicted molar refractivity (Wildman–Crippen MR) is 111 cm³/mol. The van der Waals surface area contributed by atoms with E-state index >= 15 is 0 Å². The molecule has 0 unspecified atom stereocenters. The average Bonchev–Trinajstić information content (AvgIpc) is 3.35. The highest BCUT2D eigenvalue weighted by Gasteiger charge is 2.29. The molecule has 1 aromatic heterocycles. The number of unbranched alkanes of at least 4 members (excludes halogenated alkanes) is 2. The molecule has 0 spiro atoms. The third kappa shape index (κ3) is 5.69. The molecule has 0 radical (unpaired) electrons. The third-order valence-corrected chi connectivity index (χ3v) is 5.87. The maximum Gasteiger partial charge on any atom is 0.287 e. The van der Waals surface area contributed by atoms with E-state index in [4.69, 9.17) is 4.42 Å². The number of hydrogen-bond donors (Lipinski definition) is 3. The summed E-state index contributed by atoms with van der Waals surface area (Å²) in [4.78, 5) is 28.1. The molecular weight excluding hydrogens is 408 g/mol. The van der Waals surface area contributed by atoms with Crippen LogP contribution in [0.15, 0.2) is 57.0 Å². The second-order valence-electron chi connectivity index (χ2n) is 6.73. The summed E-state index contributed by atoms with van der Waals surface area (Å²) in [5.41, 5.74) is 0.594. The number of nitrogens with zero attached hydrogens (tertiary/aromatic N) is 1. The number of furan rings is 1. The standard InChI is InChI=1S/C20H24N4O5S/c25-18(21-12-13-23-20(26)16-8-6-14-29-16)10-2-1-5-11-22-19-15-7-3-4-9-17(15)30(27,28)24-19/h3-4,6-9,14H,1-2,5,10-13H2,(H,21,25)(H,22,24)(H,23,26). The summed E-state index contributed by atoms with van der Waals surface area (Å²) in [5.74, 6) is 0.216. The first-order valence-corrected chi connectivity index (χ1v) is 11.2. The van der Waals surface area contributed by atoms with Gasteiger partial charge in [0.25, 0.3) is 15.9 Å². The molecule has 10 heteroatoms. The Morgan fingerprint density at radius 3 is 2.60 bits per heavy atom. The van der Waals surface area contributed by atoms with Crippen molar-refractivity contribution >= 4 is 27.7 Å². The van der Waals surface area contributed by atoms with Crippen molar-refractivity contribution in [3.05, 3.63) is 54.0 Å². The molecule has 1 aliphatic heterocycles. The van der Waals surface area contributed by atoms with Gasteiger partial charge in [0.1, 0.15) is 5.84 Å². The largest absolute Gasteiger partial charge is 0.459 e. The second-order valence-corrected chi connectivity index (χ2v) is 8.38. The molecule has 160 valence electrons. The molecule has 0 saturated carbocycles. The molecule has 0 atom stereocenters. The SMILES string of the molecule is O=C(CCCCCN=C1NS(=O)(=O)c2ccccc21)NCCNC(=O)c1ccco1. The van der Waals surface area contributed by atoms with E-state index in [2.05, 4.69) is 20.3 Å². The van der Waals surface area contributed by atoms with E-state index in [0.29, 0.717) is 43.9 Å². The van der Waals surface area contributed by atoms with Gasteiger partial charge in [0.2, 0.25) is 5.91 Å². The second kappa shape index (κ2) is 10.1. The maximum absolute atomic E-state index is 12.0. The normalized spacial score (nSPS) is 15.4. The fourth-order valence-corrected chi connectivity index (χ4v) is 4.23. The van der Waals surface area contributed by atoms with Gasteiger partial charge in [-0.3, -0.25) is 19.3 Å². The molecule has 0 bridgehead atoms. The Morgan fingerprint density at radius 1 is 1.00 bits per heavy atom. The summed E-state index contributed by atoms with van der Waals surface area (Å²) in [6, 6.07) is 9.94. The summed E-state index contributed by atoms with van der Waals surface area (Å²) in [7, 11) is -3.51. The molecule has 3 N–H and O–H groups in total. The number of carbonyl (C=O) groups is 2. The van der Waals surface area contributed by atoms with E-state index < -0.39 is 10.0 Å². The molecule has 2 aromatic rings. The van der Waals surface area contributed by atoms with Crippen LogP contribution >= 0.6 is 0 Å². The van der Waals surface area contributed by atoms with Crippen molar-refractivity contribution < 1.29 is 22.4 Å². The van der Waals surface area contributed by atoms with Gasteiger partial charge in [-0.15, -0.1) is 0 Å². The number of amides is 2. The van der Waals surface area contributed by atoms with Crippen molar-refractivity contribution in [2.24, 2.45) is 4.99 Å². The minimum absolute atomic E-state index is 0.0777. The van der Waals surface area contributed by atoms with Crippen LogP contribution in [-0.4, -0.2) is 45.7 Å². The molecule has 30 heavy (non-hydrogen) atoms. The van der Waals surface area contributed by atoms with Crippen molar-refractivity contribution in [3.8, 4) is 0 Å². The number of nitrogens with one attached hydrogen (secondary N) is 3. The van der Waals surface area contributed by atoms with Crippen molar-refractivity contribution in [2.75, 3.05) is 19.6 Å². The van der Waals surface area contributed by atoms with E-state index in [1.807, 2.05) is 0 Å². The first-order chi connectivity index (χ1) is 14.5. The Kier molecular flexibility index (Phi) is 7.23. The Morgan fingerprint density at radius 2 is 1.80 bits per heavy atom. The van der Waals surface area contributed by atoms with Crippen LogP contribution in [0.1, 0.15) is 41.8 Å². The summed E-state index contributed by atoms with van der Waals surface area (Å²) in [5, 5.41) is 5.40. The van der Waals surface area contributed by atoms with E-state index in [-0.39, 0.29) is 22.5 Å². The molecular formula is C20H24N4O5S. The number of sulfonamides is 1. The summed E-state index contributed by atoms with van der Waals surface area (Å²) in [6.07, 6.45) is 4.07. The van der Waals surface area contributed by atoms with Gasteiger partial charge in [-0.25, -0.2) is 8.42 Å². The highest BCUT2D eigenvalue weighted by molar-refractivity contribution is 7.90. The lowest BCUT2D eigenvalue weighted by atomic mass is 10.2. The van der Waals surface area contributed by atoms with Crippen molar-refractivity contribution in [3.63, 3.8) is 0 Å². The number of rotatable bonds is 10. The van der Waals surface area contributed by atoms with Gasteiger partial charge >= 0.3 is 0 Å². The van der Waals surface area contributed by atoms with E-state index in [9.17, 15) is 18.0 Å². The molecule has 0 fully saturated rings. The lowest BCUT2D eigenvalue weighted by molar-refractivity contribution is -0.121. The number of amidine groups is 1. The molecule has 1 aromatic carbocycles. The van der Waals surface area contributed by atoms with Gasteiger partial charge in [-0.05, 0) is 37.1 Å². The summed E-state index contributed by atoms with van der Waals surface area (Å²) in [6.45, 7) is 1.14. The van der Waals surface area contributed by atoms with Gasteiger partial charge in [-0.2, -0.15) is 0 Å². The van der Waals surface area contributed by atoms with Gasteiger partial charge in [0, 0.05) is 31.6 Å². The number of carbonyl (C=O) groups excluding carboxylic acids is 2. The minimum Gasteiger partial charge on any atom is -0.459 e. The molecule has 3 rings (SSSR count). The monoisotopic (exact) mass is 432 g/mol. The van der Waals surface area contributed by atoms with Crippen molar-refractivity contribution in [2.45, 2.75) is 30.6 Å². The zero-order valence-corrected chi connectivity index (χ0v) is 17.2. The van der Waals surface area contributed by atoms with Crippen LogP contribution in [0.2, 0.25) is 0 Å². The zero-order valence-electron chi connectivity index (χ0n) is 16.4. The van der Waals surface area contributed by atoms with Gasteiger partial charge < -0.3 is 15.1 Å². The van der Waals surface area contributed by atoms with Crippen LogP contribution in [0.5, 0.6) is 0 Å². The fraction of sp³-hybridized carbons (Fsp3) is 0.350. The number of hydrogen-bond acceptors (Lipinski definition) is 6. The smallest absolute Gasteiger partial charge is 0.287 e. The first-order valence-electron chi connectivity index (χ1n) is 9.72. The van der Waals surface area contributed by atoms with Crippen LogP contribution in [-0.2, 0) is 14.8 Å². The summed E-state index contributed by atoms with van der Waals surface area (Å²) < 4.78 is 31.5.